The number of likely N-dealkylation sites (tertiary alicyclic amines) is 1. The van der Waals surface area contributed by atoms with Crippen LogP contribution in [0.4, 0.5) is 0 Å². The van der Waals surface area contributed by atoms with Crippen LogP contribution in [0.1, 0.15) is 29.9 Å². The zero-order valence-electron chi connectivity index (χ0n) is 17.4. The normalized spacial score (nSPS) is 16.9. The highest BCUT2D eigenvalue weighted by atomic mass is 32.2. The van der Waals surface area contributed by atoms with Gasteiger partial charge in [-0.3, -0.25) is 14.7 Å². The monoisotopic (exact) mass is 447 g/mol. The van der Waals surface area contributed by atoms with Gasteiger partial charge < -0.3 is 24.5 Å². The van der Waals surface area contributed by atoms with Gasteiger partial charge in [-0.05, 0) is 59.9 Å². The number of aliphatic hydroxyl groups excluding tert-OH is 2. The minimum Gasteiger partial charge on any atom is -0.616 e. The Morgan fingerprint density at radius 2 is 2.19 bits per heavy atom. The summed E-state index contributed by atoms with van der Waals surface area (Å²) in [6.45, 7) is 2.55. The van der Waals surface area contributed by atoms with Gasteiger partial charge in [0.2, 0.25) is 0 Å². The first-order chi connectivity index (χ1) is 15.0. The minimum absolute atomic E-state index is 0.0212. The van der Waals surface area contributed by atoms with Crippen LogP contribution in [0.5, 0.6) is 0 Å². The fourth-order valence-corrected chi connectivity index (χ4v) is 4.34. The Morgan fingerprint density at radius 3 is 2.94 bits per heavy atom. The number of carbonyl (C=O) groups is 1. The summed E-state index contributed by atoms with van der Waals surface area (Å²) < 4.78 is 17.1. The molecule has 3 heterocycles. The summed E-state index contributed by atoms with van der Waals surface area (Å²) in [4.78, 5) is 18.6. The van der Waals surface area contributed by atoms with Crippen LogP contribution in [-0.4, -0.2) is 62.0 Å². The number of hydrogen-bond acceptors (Lipinski definition) is 7. The largest absolute Gasteiger partial charge is 0.616 e. The standard InChI is InChI=1S/C22H29N3O5S/c26-19-6-9-25(10-7-19)14-17-5-8-23-18(12-17)3-4-20(27)13-24-22(28)16-31(29)15-21-2-1-11-30-21/h1-2,4-5,8,11-12,19,26-27H,3,6-7,9-10,13-16H2,(H,24,28). The summed E-state index contributed by atoms with van der Waals surface area (Å²) in [6, 6.07) is 7.40. The zero-order valence-corrected chi connectivity index (χ0v) is 18.2. The molecular weight excluding hydrogens is 418 g/mol. The van der Waals surface area contributed by atoms with Gasteiger partial charge in [0.15, 0.2) is 17.3 Å². The van der Waals surface area contributed by atoms with Gasteiger partial charge in [-0.25, -0.2) is 0 Å². The molecule has 0 aromatic carbocycles. The van der Waals surface area contributed by atoms with E-state index in [0.29, 0.717) is 12.2 Å². The van der Waals surface area contributed by atoms with Crippen molar-refractivity contribution in [1.82, 2.24) is 15.2 Å². The number of nitrogens with zero attached hydrogens (tertiary/aromatic N) is 2. The van der Waals surface area contributed by atoms with Crippen molar-refractivity contribution in [3.05, 3.63) is 65.6 Å². The van der Waals surface area contributed by atoms with Crippen molar-refractivity contribution in [2.24, 2.45) is 0 Å². The van der Waals surface area contributed by atoms with Crippen LogP contribution in [0.3, 0.4) is 0 Å². The van der Waals surface area contributed by atoms with Crippen molar-refractivity contribution >= 4 is 17.1 Å². The predicted molar refractivity (Wildman–Crippen MR) is 118 cm³/mol. The summed E-state index contributed by atoms with van der Waals surface area (Å²) >= 11 is -1.37. The van der Waals surface area contributed by atoms with E-state index in [1.165, 1.54) is 6.26 Å². The average molecular weight is 448 g/mol. The van der Waals surface area contributed by atoms with Gasteiger partial charge in [0.1, 0.15) is 5.76 Å². The van der Waals surface area contributed by atoms with Crippen LogP contribution in [0.2, 0.25) is 0 Å². The topological polar surface area (TPSA) is 122 Å². The Labute approximate surface area is 185 Å². The molecule has 1 saturated heterocycles. The smallest absolute Gasteiger partial charge is 0.270 e. The molecule has 3 rings (SSSR count). The number of allylic oxidation sites excluding steroid dienone is 1. The summed E-state index contributed by atoms with van der Waals surface area (Å²) in [5.74, 6) is 0.244. The average Bonchev–Trinajstić information content (AvgIpc) is 3.25. The van der Waals surface area contributed by atoms with Crippen molar-refractivity contribution in [1.29, 1.82) is 0 Å². The number of rotatable bonds is 10. The van der Waals surface area contributed by atoms with Crippen molar-refractivity contribution < 1.29 is 24.0 Å². The molecule has 1 unspecified atom stereocenters. The maximum Gasteiger partial charge on any atom is 0.270 e. The van der Waals surface area contributed by atoms with E-state index in [1.807, 2.05) is 12.1 Å². The molecule has 0 spiro atoms. The third-order valence-electron chi connectivity index (χ3n) is 5.03. The molecule has 2 aromatic rings. The van der Waals surface area contributed by atoms with Gasteiger partial charge in [-0.1, -0.05) is 0 Å². The number of furan rings is 1. The van der Waals surface area contributed by atoms with Crippen LogP contribution in [0.25, 0.3) is 0 Å². The molecule has 0 saturated carbocycles. The van der Waals surface area contributed by atoms with Crippen LogP contribution in [-0.2, 0) is 34.7 Å². The highest BCUT2D eigenvalue weighted by Crippen LogP contribution is 2.14. The second-order valence-electron chi connectivity index (χ2n) is 7.65. The van der Waals surface area contributed by atoms with E-state index < -0.39 is 17.1 Å². The van der Waals surface area contributed by atoms with Gasteiger partial charge in [0, 0.05) is 37.9 Å². The number of piperidine rings is 1. The quantitative estimate of drug-likeness (QED) is 0.374. The first-order valence-electron chi connectivity index (χ1n) is 10.3. The molecule has 3 N–H and O–H groups in total. The maximum atomic E-state index is 12.0. The second kappa shape index (κ2) is 11.9. The lowest BCUT2D eigenvalue weighted by atomic mass is 10.1. The number of aliphatic hydroxyl groups is 2. The van der Waals surface area contributed by atoms with Gasteiger partial charge in [0.05, 0.1) is 18.9 Å². The Balaban J connectivity index is 1.40. The van der Waals surface area contributed by atoms with Crippen LogP contribution >= 0.6 is 0 Å². The zero-order chi connectivity index (χ0) is 22.1. The molecule has 8 nitrogen and oxygen atoms in total. The van der Waals surface area contributed by atoms with E-state index in [-0.39, 0.29) is 29.9 Å². The molecule has 1 aliphatic heterocycles. The highest BCUT2D eigenvalue weighted by Gasteiger charge is 2.17. The molecule has 9 heteroatoms. The van der Waals surface area contributed by atoms with Crippen molar-refractivity contribution in [2.75, 3.05) is 25.4 Å². The van der Waals surface area contributed by atoms with Crippen LogP contribution < -0.4 is 5.32 Å². The number of nitrogens with one attached hydrogen (secondary N) is 1. The highest BCUT2D eigenvalue weighted by molar-refractivity contribution is 7.91. The molecule has 2 aromatic heterocycles. The molecule has 1 fully saturated rings. The van der Waals surface area contributed by atoms with E-state index in [9.17, 15) is 19.6 Å². The van der Waals surface area contributed by atoms with Gasteiger partial charge in [0.25, 0.3) is 5.91 Å². The van der Waals surface area contributed by atoms with Crippen molar-refractivity contribution in [3.8, 4) is 0 Å². The maximum absolute atomic E-state index is 12.0. The number of hydrogen-bond donors (Lipinski definition) is 3. The molecule has 1 amide bonds. The van der Waals surface area contributed by atoms with Crippen molar-refractivity contribution in [3.63, 3.8) is 0 Å². The fraction of sp³-hybridized carbons (Fsp3) is 0.455. The van der Waals surface area contributed by atoms with Crippen LogP contribution in [0.15, 0.2) is 53.0 Å². The molecule has 1 atom stereocenters. The molecule has 0 bridgehead atoms. The van der Waals surface area contributed by atoms with Gasteiger partial charge >= 0.3 is 0 Å². The van der Waals surface area contributed by atoms with Gasteiger partial charge in [-0.15, -0.1) is 0 Å². The number of aromatic nitrogens is 1. The van der Waals surface area contributed by atoms with Crippen molar-refractivity contribution in [2.45, 2.75) is 37.7 Å². The minimum atomic E-state index is -1.37. The molecular formula is C22H29N3O5S. The molecule has 31 heavy (non-hydrogen) atoms. The van der Waals surface area contributed by atoms with Crippen LogP contribution in [0, 0.1) is 0 Å². The lowest BCUT2D eigenvalue weighted by Gasteiger charge is -2.29. The lowest BCUT2D eigenvalue weighted by molar-refractivity contribution is -0.118. The number of carbonyl (C=O) groups excluding carboxylic acids is 1. The predicted octanol–water partition coefficient (Wildman–Crippen LogP) is 1.68. The molecule has 168 valence electrons. The van der Waals surface area contributed by atoms with E-state index >= 15 is 0 Å². The molecule has 1 aliphatic rings. The first kappa shape index (κ1) is 23.3. The Hall–Kier alpha value is -2.33. The van der Waals surface area contributed by atoms with Gasteiger partial charge in [-0.2, -0.15) is 0 Å². The first-order valence-corrected chi connectivity index (χ1v) is 11.8. The lowest BCUT2D eigenvalue weighted by Crippen LogP contribution is -2.35. The van der Waals surface area contributed by atoms with E-state index in [4.69, 9.17) is 4.42 Å². The summed E-state index contributed by atoms with van der Waals surface area (Å²) in [6.07, 6.45) is 6.73. The molecule has 0 radical (unpaired) electrons. The Bertz CT molecular complexity index is 851. The SMILES string of the molecule is O=C(C[S+]([O-])Cc1ccco1)NCC(O)=CCc1cc(CN2CCC(O)CC2)ccn1. The van der Waals surface area contributed by atoms with E-state index in [1.54, 1.807) is 24.4 Å². The van der Waals surface area contributed by atoms with E-state index in [2.05, 4.69) is 15.2 Å². The van der Waals surface area contributed by atoms with E-state index in [0.717, 1.165) is 43.7 Å². The molecule has 0 aliphatic carbocycles. The summed E-state index contributed by atoms with van der Waals surface area (Å²) in [7, 11) is 0. The Kier molecular flexibility index (Phi) is 8.96. The number of amides is 1. The second-order valence-corrected chi connectivity index (χ2v) is 9.10. The third kappa shape index (κ3) is 8.37. The summed E-state index contributed by atoms with van der Waals surface area (Å²) in [5.41, 5.74) is 1.97. The summed E-state index contributed by atoms with van der Waals surface area (Å²) in [5, 5.41) is 22.2. The number of pyridine rings is 1. The Morgan fingerprint density at radius 1 is 1.39 bits per heavy atom. The fourth-order valence-electron chi connectivity index (χ4n) is 3.36. The third-order valence-corrected chi connectivity index (χ3v) is 6.22.